The van der Waals surface area contributed by atoms with Crippen LogP contribution in [0.2, 0.25) is 0 Å². The highest BCUT2D eigenvalue weighted by molar-refractivity contribution is 5.86. The Hall–Kier alpha value is -3.67. The zero-order valence-corrected chi connectivity index (χ0v) is 15.8. The maximum absolute atomic E-state index is 15.3. The van der Waals surface area contributed by atoms with Gasteiger partial charge in [0.1, 0.15) is 5.75 Å². The van der Waals surface area contributed by atoms with Gasteiger partial charge in [0.05, 0.1) is 5.41 Å². The van der Waals surface area contributed by atoms with E-state index in [1.165, 1.54) is 24.3 Å². The zero-order chi connectivity index (χ0) is 21.9. The van der Waals surface area contributed by atoms with E-state index >= 15 is 8.78 Å². The Morgan fingerprint density at radius 3 is 1.42 bits per heavy atom. The molecule has 1 aliphatic carbocycles. The molecule has 0 saturated carbocycles. The molecule has 0 saturated heterocycles. The molecule has 5 rings (SSSR count). The summed E-state index contributed by atoms with van der Waals surface area (Å²) in [5, 5.41) is 9.76. The molecule has 0 radical (unpaired) electrons. The zero-order valence-electron chi connectivity index (χ0n) is 15.8. The summed E-state index contributed by atoms with van der Waals surface area (Å²) >= 11 is 0. The quantitative estimate of drug-likeness (QED) is 0.196. The molecule has 1 aliphatic rings. The molecule has 31 heavy (non-hydrogen) atoms. The van der Waals surface area contributed by atoms with E-state index in [1.54, 1.807) is 48.5 Å². The minimum Gasteiger partial charge on any atom is -0.508 e. The monoisotopic (exact) mass is 424 g/mol. The summed E-state index contributed by atoms with van der Waals surface area (Å²) < 4.78 is 73.2. The van der Waals surface area contributed by atoms with Crippen molar-refractivity contribution >= 4 is 0 Å². The van der Waals surface area contributed by atoms with Crippen molar-refractivity contribution in [2.45, 2.75) is 5.41 Å². The number of phenolic OH excluding ortho intramolecular Hbond substituents is 1. The van der Waals surface area contributed by atoms with Gasteiger partial charge < -0.3 is 5.11 Å². The number of rotatable bonds is 2. The van der Waals surface area contributed by atoms with E-state index < -0.39 is 40.1 Å². The Morgan fingerprint density at radius 2 is 0.935 bits per heavy atom. The number of benzene rings is 4. The predicted molar refractivity (Wildman–Crippen MR) is 105 cm³/mol. The lowest BCUT2D eigenvalue weighted by Gasteiger charge is -2.34. The second-order valence-corrected chi connectivity index (χ2v) is 7.33. The number of halogens is 5. The van der Waals surface area contributed by atoms with Crippen LogP contribution < -0.4 is 0 Å². The molecule has 4 aromatic rings. The fourth-order valence-corrected chi connectivity index (χ4v) is 4.61. The van der Waals surface area contributed by atoms with Crippen molar-refractivity contribution in [2.75, 3.05) is 0 Å². The van der Waals surface area contributed by atoms with Crippen molar-refractivity contribution in [1.29, 1.82) is 0 Å². The van der Waals surface area contributed by atoms with Crippen LogP contribution in [0.3, 0.4) is 0 Å². The Balaban J connectivity index is 2.05. The Morgan fingerprint density at radius 1 is 0.516 bits per heavy atom. The van der Waals surface area contributed by atoms with Crippen molar-refractivity contribution in [1.82, 2.24) is 0 Å². The van der Waals surface area contributed by atoms with Crippen LogP contribution in [-0.2, 0) is 5.41 Å². The Labute approximate surface area is 174 Å². The topological polar surface area (TPSA) is 20.2 Å². The number of aromatic hydroxyl groups is 1. The van der Waals surface area contributed by atoms with Gasteiger partial charge in [-0.05, 0) is 39.9 Å². The lowest BCUT2D eigenvalue weighted by molar-refractivity contribution is 0.363. The number of hydrogen-bond acceptors (Lipinski definition) is 1. The van der Waals surface area contributed by atoms with Gasteiger partial charge in [-0.1, -0.05) is 60.7 Å². The summed E-state index contributed by atoms with van der Waals surface area (Å²) in [7, 11) is 0. The smallest absolute Gasteiger partial charge is 0.200 e. The Kier molecular flexibility index (Phi) is 4.15. The van der Waals surface area contributed by atoms with Gasteiger partial charge in [0.2, 0.25) is 5.82 Å². The molecule has 0 heterocycles. The summed E-state index contributed by atoms with van der Waals surface area (Å²) in [6.45, 7) is 0. The molecule has 0 amide bonds. The Bertz CT molecular complexity index is 1270. The van der Waals surface area contributed by atoms with E-state index in [9.17, 15) is 18.3 Å². The van der Waals surface area contributed by atoms with E-state index in [0.29, 0.717) is 22.3 Å². The molecule has 0 atom stereocenters. The number of phenols is 1. The van der Waals surface area contributed by atoms with Gasteiger partial charge in [-0.15, -0.1) is 0 Å². The van der Waals surface area contributed by atoms with E-state index in [4.69, 9.17) is 0 Å². The molecule has 0 aliphatic heterocycles. The van der Waals surface area contributed by atoms with Gasteiger partial charge >= 0.3 is 0 Å². The summed E-state index contributed by atoms with van der Waals surface area (Å²) in [6.07, 6.45) is 0. The average molecular weight is 424 g/mol. The molecule has 0 fully saturated rings. The average Bonchev–Trinajstić information content (AvgIpc) is 3.09. The molecular formula is C25H13F5O. The maximum Gasteiger partial charge on any atom is 0.200 e. The lowest BCUT2D eigenvalue weighted by atomic mass is 9.67. The fourth-order valence-electron chi connectivity index (χ4n) is 4.61. The minimum absolute atomic E-state index is 0.101. The molecule has 6 heteroatoms. The first-order valence-corrected chi connectivity index (χ1v) is 9.39. The summed E-state index contributed by atoms with van der Waals surface area (Å²) in [5.41, 5.74) is -0.511. The van der Waals surface area contributed by atoms with Crippen molar-refractivity contribution in [2.24, 2.45) is 0 Å². The fraction of sp³-hybridized carbons (Fsp3) is 0.0400. The number of hydrogen-bond donors (Lipinski definition) is 1. The predicted octanol–water partition coefficient (Wildman–Crippen LogP) is 6.45. The van der Waals surface area contributed by atoms with Crippen LogP contribution in [0.5, 0.6) is 5.75 Å². The first-order valence-electron chi connectivity index (χ1n) is 9.39. The molecular weight excluding hydrogens is 411 g/mol. The first kappa shape index (κ1) is 19.3. The second kappa shape index (κ2) is 6.67. The molecule has 0 unspecified atom stereocenters. The molecule has 0 spiro atoms. The molecule has 154 valence electrons. The van der Waals surface area contributed by atoms with Crippen LogP contribution in [0.4, 0.5) is 22.0 Å². The summed E-state index contributed by atoms with van der Waals surface area (Å²) in [6, 6.07) is 18.9. The van der Waals surface area contributed by atoms with Crippen LogP contribution in [-0.4, -0.2) is 5.11 Å². The van der Waals surface area contributed by atoms with E-state index in [1.807, 2.05) is 0 Å². The highest BCUT2D eigenvalue weighted by Gasteiger charge is 2.50. The van der Waals surface area contributed by atoms with Crippen LogP contribution in [0.25, 0.3) is 11.1 Å². The molecule has 4 aromatic carbocycles. The molecule has 1 nitrogen and oxygen atoms in total. The van der Waals surface area contributed by atoms with Crippen molar-refractivity contribution in [3.8, 4) is 16.9 Å². The van der Waals surface area contributed by atoms with Crippen molar-refractivity contribution in [3.63, 3.8) is 0 Å². The second-order valence-electron chi connectivity index (χ2n) is 7.33. The summed E-state index contributed by atoms with van der Waals surface area (Å²) in [4.78, 5) is 0. The van der Waals surface area contributed by atoms with E-state index in [2.05, 4.69) is 0 Å². The number of fused-ring (bicyclic) bond motifs is 3. The SMILES string of the molecule is Oc1ccc(C2(c3c(F)c(F)c(F)c(F)c3F)c3ccccc3-c3ccccc32)cc1. The highest BCUT2D eigenvalue weighted by atomic mass is 19.2. The third kappa shape index (κ3) is 2.42. The van der Waals surface area contributed by atoms with Crippen molar-refractivity contribution in [3.05, 3.63) is 124 Å². The third-order valence-corrected chi connectivity index (χ3v) is 5.84. The largest absolute Gasteiger partial charge is 0.508 e. The van der Waals surface area contributed by atoms with Gasteiger partial charge in [0.25, 0.3) is 0 Å². The summed E-state index contributed by atoms with van der Waals surface area (Å²) in [5.74, 6) is -10.1. The van der Waals surface area contributed by atoms with Gasteiger partial charge in [-0.3, -0.25) is 0 Å². The third-order valence-electron chi connectivity index (χ3n) is 5.84. The van der Waals surface area contributed by atoms with Crippen LogP contribution in [0.15, 0.2) is 72.8 Å². The highest BCUT2D eigenvalue weighted by Crippen LogP contribution is 2.57. The van der Waals surface area contributed by atoms with Crippen LogP contribution in [0, 0.1) is 29.1 Å². The molecule has 1 N–H and O–H groups in total. The first-order chi connectivity index (χ1) is 14.9. The van der Waals surface area contributed by atoms with Gasteiger partial charge in [0.15, 0.2) is 23.3 Å². The van der Waals surface area contributed by atoms with E-state index in [-0.39, 0.29) is 11.3 Å². The van der Waals surface area contributed by atoms with Gasteiger partial charge in [0, 0.05) is 5.56 Å². The molecule has 0 aromatic heterocycles. The normalized spacial score (nSPS) is 13.7. The lowest BCUT2D eigenvalue weighted by Crippen LogP contribution is -2.32. The molecule has 0 bridgehead atoms. The van der Waals surface area contributed by atoms with Crippen LogP contribution in [0.1, 0.15) is 22.3 Å². The minimum atomic E-state index is -2.21. The van der Waals surface area contributed by atoms with Gasteiger partial charge in [-0.25, -0.2) is 22.0 Å². The maximum atomic E-state index is 15.3. The van der Waals surface area contributed by atoms with E-state index in [0.717, 1.165) is 0 Å². The van der Waals surface area contributed by atoms with Crippen molar-refractivity contribution < 1.29 is 27.1 Å². The standard InChI is InChI=1S/C25H13F5O/c26-20-19(21(27)23(29)24(30)22(20)28)25(13-9-11-14(31)12-10-13)17-7-3-1-5-15(17)16-6-2-4-8-18(16)25/h1-12,31H. The van der Waals surface area contributed by atoms with Crippen LogP contribution >= 0.6 is 0 Å². The van der Waals surface area contributed by atoms with Gasteiger partial charge in [-0.2, -0.15) is 0 Å².